The highest BCUT2D eigenvalue weighted by molar-refractivity contribution is 6.31. The van der Waals surface area contributed by atoms with Crippen LogP contribution >= 0.6 is 11.6 Å². The molecule has 1 aromatic heterocycles. The second-order valence-electron chi connectivity index (χ2n) is 9.34. The molecule has 1 aliphatic carbocycles. The van der Waals surface area contributed by atoms with Crippen molar-refractivity contribution < 1.29 is 19.1 Å². The lowest BCUT2D eigenvalue weighted by Crippen LogP contribution is -2.54. The van der Waals surface area contributed by atoms with E-state index in [1.165, 1.54) is 0 Å². The highest BCUT2D eigenvalue weighted by Gasteiger charge is 2.33. The number of aliphatic hydroxyl groups is 1. The van der Waals surface area contributed by atoms with E-state index in [1.54, 1.807) is 4.90 Å². The molecule has 0 spiro atoms. The number of aromatic nitrogens is 2. The Balaban J connectivity index is 1.41. The summed E-state index contributed by atoms with van der Waals surface area (Å²) in [6.07, 6.45) is 0.656. The number of carbonyl (C=O) groups is 1. The molecule has 2 fully saturated rings. The van der Waals surface area contributed by atoms with E-state index in [2.05, 4.69) is 20.4 Å². The van der Waals surface area contributed by atoms with Crippen molar-refractivity contribution in [3.63, 3.8) is 0 Å². The van der Waals surface area contributed by atoms with E-state index >= 15 is 0 Å². The summed E-state index contributed by atoms with van der Waals surface area (Å²) in [5, 5.41) is 21.5. The Bertz CT molecular complexity index is 991. The minimum atomic E-state index is -0.276. The van der Waals surface area contributed by atoms with E-state index < -0.39 is 0 Å². The summed E-state index contributed by atoms with van der Waals surface area (Å²) >= 11 is 6.43. The van der Waals surface area contributed by atoms with Gasteiger partial charge in [0.2, 0.25) is 5.89 Å². The number of hydrogen-bond donors (Lipinski definition) is 2. The molecule has 2 heterocycles. The zero-order valence-corrected chi connectivity index (χ0v) is 20.3. The molecule has 2 N–H and O–H groups in total. The van der Waals surface area contributed by atoms with E-state index in [1.807, 2.05) is 39.8 Å². The molecule has 0 radical (unpaired) electrons. The number of anilines is 2. The van der Waals surface area contributed by atoms with Crippen LogP contribution < -0.4 is 5.32 Å². The first kappa shape index (κ1) is 23.8. The molecule has 33 heavy (non-hydrogen) atoms. The van der Waals surface area contributed by atoms with Crippen molar-refractivity contribution >= 4 is 29.4 Å². The van der Waals surface area contributed by atoms with Crippen LogP contribution in [0.5, 0.6) is 0 Å². The molecule has 10 heteroatoms. The zero-order chi connectivity index (χ0) is 23.7. The Labute approximate surface area is 199 Å². The van der Waals surface area contributed by atoms with E-state index in [9.17, 15) is 9.90 Å². The van der Waals surface area contributed by atoms with Gasteiger partial charge in [0.15, 0.2) is 0 Å². The first-order valence-corrected chi connectivity index (χ1v) is 11.8. The molecule has 1 atom stereocenters. The van der Waals surface area contributed by atoms with Gasteiger partial charge in [-0.05, 0) is 63.8 Å². The molecule has 1 saturated heterocycles. The molecule has 0 unspecified atom stereocenters. The minimum Gasteiger partial charge on any atom is -0.447 e. The number of ether oxygens (including phenoxy) is 1. The van der Waals surface area contributed by atoms with Crippen LogP contribution in [0.1, 0.15) is 56.5 Å². The fourth-order valence-corrected chi connectivity index (χ4v) is 4.58. The van der Waals surface area contributed by atoms with Gasteiger partial charge in [-0.15, -0.1) is 5.10 Å². The largest absolute Gasteiger partial charge is 0.447 e. The molecule has 1 aliphatic heterocycles. The highest BCUT2D eigenvalue weighted by Crippen LogP contribution is 2.37. The van der Waals surface area contributed by atoms with E-state index in [4.69, 9.17) is 20.8 Å². The van der Waals surface area contributed by atoms with Crippen LogP contribution in [0.2, 0.25) is 5.02 Å². The molecule has 2 aromatic rings. The van der Waals surface area contributed by atoms with Crippen LogP contribution in [0.15, 0.2) is 16.5 Å². The summed E-state index contributed by atoms with van der Waals surface area (Å²) in [5.74, 6) is 0.670. The third-order valence-electron chi connectivity index (χ3n) is 6.30. The maximum Gasteiger partial charge on any atom is 0.410 e. The van der Waals surface area contributed by atoms with Crippen molar-refractivity contribution in [1.82, 2.24) is 20.0 Å². The van der Waals surface area contributed by atoms with Crippen LogP contribution in [0, 0.1) is 6.92 Å². The SMILES string of the molecule is Cc1c(CN2CCN(C(=O)OC(C)C)[C@@H](C)C2)cc(Cl)cc1Nc1nnc([C@H]2C[C@H](O)C2)o1. The second-order valence-corrected chi connectivity index (χ2v) is 9.78. The van der Waals surface area contributed by atoms with Gasteiger partial charge in [-0.3, -0.25) is 4.90 Å². The summed E-state index contributed by atoms with van der Waals surface area (Å²) in [6.45, 7) is 10.6. The van der Waals surface area contributed by atoms with Crippen LogP contribution in [0.3, 0.4) is 0 Å². The van der Waals surface area contributed by atoms with Crippen molar-refractivity contribution in [3.8, 4) is 0 Å². The molecule has 2 aliphatic rings. The van der Waals surface area contributed by atoms with Crippen molar-refractivity contribution in [3.05, 3.63) is 34.2 Å². The van der Waals surface area contributed by atoms with Crippen LogP contribution in [-0.2, 0) is 11.3 Å². The average Bonchev–Trinajstić information content (AvgIpc) is 3.16. The standard InChI is InChI=1S/C23H32ClN5O4/c1-13(2)32-23(31)29-6-5-28(11-14(29)3)12-17-7-18(24)10-20(15(17)4)25-22-27-26-21(33-22)16-8-19(30)9-16/h7,10,13-14,16,19,30H,5-6,8-9,11-12H2,1-4H3,(H,25,27)/t14-,16-,19-/m0/s1. The van der Waals surface area contributed by atoms with Gasteiger partial charge >= 0.3 is 12.1 Å². The first-order chi connectivity index (χ1) is 15.7. The summed E-state index contributed by atoms with van der Waals surface area (Å²) in [6, 6.07) is 4.19. The number of nitrogens with one attached hydrogen (secondary N) is 1. The number of carbonyl (C=O) groups excluding carboxylic acids is 1. The molecule has 180 valence electrons. The van der Waals surface area contributed by atoms with Crippen LogP contribution in [-0.4, -0.2) is 69.1 Å². The molecule has 1 amide bonds. The number of hydrogen-bond acceptors (Lipinski definition) is 8. The number of halogens is 1. The van der Waals surface area contributed by atoms with Gasteiger partial charge < -0.3 is 24.5 Å². The Morgan fingerprint density at radius 2 is 2.09 bits per heavy atom. The minimum absolute atomic E-state index is 0.0592. The molecular weight excluding hydrogens is 446 g/mol. The summed E-state index contributed by atoms with van der Waals surface area (Å²) in [4.78, 5) is 16.4. The Kier molecular flexibility index (Phi) is 7.11. The van der Waals surface area contributed by atoms with Crippen molar-refractivity contribution in [2.75, 3.05) is 25.0 Å². The normalized spacial score (nSPS) is 23.5. The number of benzene rings is 1. The van der Waals surface area contributed by atoms with Crippen LogP contribution in [0.25, 0.3) is 0 Å². The number of nitrogens with zero attached hydrogens (tertiary/aromatic N) is 4. The van der Waals surface area contributed by atoms with Crippen LogP contribution in [0.4, 0.5) is 16.5 Å². The molecule has 0 bridgehead atoms. The van der Waals surface area contributed by atoms with E-state index in [0.717, 1.165) is 29.9 Å². The number of aliphatic hydroxyl groups excluding tert-OH is 1. The Morgan fingerprint density at radius 1 is 1.33 bits per heavy atom. The summed E-state index contributed by atoms with van der Waals surface area (Å²) in [5.41, 5.74) is 2.96. The Hall–Kier alpha value is -2.36. The molecule has 1 aromatic carbocycles. The lowest BCUT2D eigenvalue weighted by molar-refractivity contribution is 0.0349. The fourth-order valence-electron chi connectivity index (χ4n) is 4.34. The molecule has 4 rings (SSSR count). The number of amides is 1. The Morgan fingerprint density at radius 3 is 2.76 bits per heavy atom. The lowest BCUT2D eigenvalue weighted by atomic mass is 9.82. The fraction of sp³-hybridized carbons (Fsp3) is 0.609. The van der Waals surface area contributed by atoms with Gasteiger partial charge in [-0.25, -0.2) is 4.79 Å². The predicted molar refractivity (Wildman–Crippen MR) is 125 cm³/mol. The maximum atomic E-state index is 12.3. The number of rotatable bonds is 6. The average molecular weight is 478 g/mol. The second kappa shape index (κ2) is 9.87. The first-order valence-electron chi connectivity index (χ1n) is 11.5. The lowest BCUT2D eigenvalue weighted by Gasteiger charge is -2.39. The third kappa shape index (κ3) is 5.59. The topological polar surface area (TPSA) is 104 Å². The molecule has 9 nitrogen and oxygen atoms in total. The number of piperazine rings is 1. The van der Waals surface area contributed by atoms with Gasteiger partial charge in [-0.1, -0.05) is 16.7 Å². The quantitative estimate of drug-likeness (QED) is 0.641. The summed E-state index contributed by atoms with van der Waals surface area (Å²) in [7, 11) is 0. The van der Waals surface area contributed by atoms with Crippen molar-refractivity contribution in [2.24, 2.45) is 0 Å². The van der Waals surface area contributed by atoms with E-state index in [-0.39, 0.29) is 30.3 Å². The predicted octanol–water partition coefficient (Wildman–Crippen LogP) is 4.06. The smallest absolute Gasteiger partial charge is 0.410 e. The van der Waals surface area contributed by atoms with Gasteiger partial charge in [0.1, 0.15) is 0 Å². The van der Waals surface area contributed by atoms with Gasteiger partial charge in [-0.2, -0.15) is 0 Å². The molecular formula is C23H32ClN5O4. The van der Waals surface area contributed by atoms with Gasteiger partial charge in [0.25, 0.3) is 0 Å². The molecule has 1 saturated carbocycles. The maximum absolute atomic E-state index is 12.3. The zero-order valence-electron chi connectivity index (χ0n) is 19.5. The van der Waals surface area contributed by atoms with Crippen molar-refractivity contribution in [1.29, 1.82) is 0 Å². The van der Waals surface area contributed by atoms with Gasteiger partial charge in [0, 0.05) is 48.8 Å². The third-order valence-corrected chi connectivity index (χ3v) is 6.52. The van der Waals surface area contributed by atoms with Crippen molar-refractivity contribution in [2.45, 2.75) is 71.2 Å². The van der Waals surface area contributed by atoms with E-state index in [0.29, 0.717) is 42.9 Å². The monoisotopic (exact) mass is 477 g/mol. The van der Waals surface area contributed by atoms with Gasteiger partial charge in [0.05, 0.1) is 12.2 Å². The highest BCUT2D eigenvalue weighted by atomic mass is 35.5. The summed E-state index contributed by atoms with van der Waals surface area (Å²) < 4.78 is 11.1.